The molecule has 9 heteroatoms. The van der Waals surface area contributed by atoms with Gasteiger partial charge in [0.15, 0.2) is 5.84 Å². The van der Waals surface area contributed by atoms with Crippen LogP contribution >= 0.6 is 35.0 Å². The molecular formula is C23H14Cl2N4O2S. The minimum atomic E-state index is -0.517. The molecule has 0 atom stereocenters. The molecule has 2 aliphatic rings. The molecule has 0 spiro atoms. The SMILES string of the molecule is Cc1ccc(C2=NN3C(=N)/C(=C/c4ccc(-c5ccc(Cl)cc5Cl)o4)C(=O)N=C3S2)cc1. The van der Waals surface area contributed by atoms with Gasteiger partial charge in [0.2, 0.25) is 5.17 Å². The average molecular weight is 481 g/mol. The summed E-state index contributed by atoms with van der Waals surface area (Å²) in [6.45, 7) is 2.01. The third-order valence-electron chi connectivity index (χ3n) is 4.86. The van der Waals surface area contributed by atoms with E-state index < -0.39 is 5.91 Å². The van der Waals surface area contributed by atoms with Gasteiger partial charge in [0, 0.05) is 16.1 Å². The molecule has 6 nitrogen and oxygen atoms in total. The second kappa shape index (κ2) is 8.09. The van der Waals surface area contributed by atoms with Crippen LogP contribution in [0.1, 0.15) is 16.9 Å². The number of benzene rings is 2. The maximum Gasteiger partial charge on any atom is 0.283 e. The Morgan fingerprint density at radius 3 is 2.62 bits per heavy atom. The molecular weight excluding hydrogens is 467 g/mol. The highest BCUT2D eigenvalue weighted by molar-refractivity contribution is 8.27. The van der Waals surface area contributed by atoms with Crippen LogP contribution in [-0.4, -0.2) is 27.0 Å². The highest BCUT2D eigenvalue weighted by Crippen LogP contribution is 2.34. The van der Waals surface area contributed by atoms with Gasteiger partial charge in [0.1, 0.15) is 16.6 Å². The quantitative estimate of drug-likeness (QED) is 0.450. The summed E-state index contributed by atoms with van der Waals surface area (Å²) in [6, 6.07) is 16.4. The summed E-state index contributed by atoms with van der Waals surface area (Å²) in [5.41, 5.74) is 2.80. The summed E-state index contributed by atoms with van der Waals surface area (Å²) >= 11 is 13.5. The van der Waals surface area contributed by atoms with E-state index in [1.54, 1.807) is 30.3 Å². The minimum absolute atomic E-state index is 0.0583. The van der Waals surface area contributed by atoms with Gasteiger partial charge in [-0.1, -0.05) is 53.0 Å². The first-order chi connectivity index (χ1) is 15.4. The van der Waals surface area contributed by atoms with Crippen molar-refractivity contribution in [2.24, 2.45) is 10.1 Å². The van der Waals surface area contributed by atoms with Crippen molar-refractivity contribution in [1.29, 1.82) is 5.41 Å². The van der Waals surface area contributed by atoms with Crippen molar-refractivity contribution in [1.82, 2.24) is 5.01 Å². The van der Waals surface area contributed by atoms with Gasteiger partial charge in [0.05, 0.1) is 10.6 Å². The summed E-state index contributed by atoms with van der Waals surface area (Å²) in [6.07, 6.45) is 1.49. The Labute approximate surface area is 197 Å². The van der Waals surface area contributed by atoms with Crippen molar-refractivity contribution >= 4 is 63.0 Å². The van der Waals surface area contributed by atoms with Gasteiger partial charge in [-0.25, -0.2) is 0 Å². The van der Waals surface area contributed by atoms with Crippen molar-refractivity contribution in [3.63, 3.8) is 0 Å². The van der Waals surface area contributed by atoms with Crippen LogP contribution in [0.4, 0.5) is 0 Å². The summed E-state index contributed by atoms with van der Waals surface area (Å²) in [5, 5.41) is 16.4. The number of aryl methyl sites for hydroxylation is 1. The number of furan rings is 1. The average Bonchev–Trinajstić information content (AvgIpc) is 3.39. The number of rotatable bonds is 3. The zero-order valence-electron chi connectivity index (χ0n) is 16.6. The number of fused-ring (bicyclic) bond motifs is 1. The lowest BCUT2D eigenvalue weighted by Gasteiger charge is -2.19. The van der Waals surface area contributed by atoms with Crippen LogP contribution in [0.5, 0.6) is 0 Å². The number of amidine groups is 2. The Hall–Kier alpha value is -3.13. The van der Waals surface area contributed by atoms with Crippen LogP contribution < -0.4 is 0 Å². The smallest absolute Gasteiger partial charge is 0.283 e. The van der Waals surface area contributed by atoms with E-state index in [1.807, 2.05) is 31.2 Å². The highest BCUT2D eigenvalue weighted by atomic mass is 35.5. The van der Waals surface area contributed by atoms with Gasteiger partial charge in [0.25, 0.3) is 5.91 Å². The molecule has 3 aromatic rings. The molecule has 0 saturated carbocycles. The zero-order valence-corrected chi connectivity index (χ0v) is 18.9. The highest BCUT2D eigenvalue weighted by Gasteiger charge is 2.36. The number of hydrogen-bond donors (Lipinski definition) is 1. The van der Waals surface area contributed by atoms with E-state index in [4.69, 9.17) is 33.0 Å². The molecule has 2 aromatic carbocycles. The molecule has 1 aromatic heterocycles. The molecule has 0 bridgehead atoms. The Morgan fingerprint density at radius 1 is 1.09 bits per heavy atom. The Balaban J connectivity index is 1.44. The predicted molar refractivity (Wildman–Crippen MR) is 129 cm³/mol. The van der Waals surface area contributed by atoms with E-state index in [9.17, 15) is 4.79 Å². The minimum Gasteiger partial charge on any atom is -0.457 e. The number of aliphatic imine (C=N–C) groups is 1. The maximum atomic E-state index is 12.6. The molecule has 2 aliphatic heterocycles. The van der Waals surface area contributed by atoms with Crippen LogP contribution in [0.25, 0.3) is 17.4 Å². The van der Waals surface area contributed by atoms with E-state index in [-0.39, 0.29) is 11.4 Å². The number of amides is 1. The van der Waals surface area contributed by atoms with E-state index >= 15 is 0 Å². The van der Waals surface area contributed by atoms with Crippen LogP contribution in [0.15, 0.2) is 74.7 Å². The first-order valence-corrected chi connectivity index (χ1v) is 11.1. The third-order valence-corrected chi connectivity index (χ3v) is 6.37. The molecule has 0 aliphatic carbocycles. The molecule has 158 valence electrons. The normalized spacial score (nSPS) is 17.0. The van der Waals surface area contributed by atoms with Crippen molar-refractivity contribution in [2.45, 2.75) is 6.92 Å². The Kier molecular flexibility index (Phi) is 5.25. The number of carbonyl (C=O) groups excluding carboxylic acids is 1. The van der Waals surface area contributed by atoms with Crippen LogP contribution in [0.2, 0.25) is 10.0 Å². The van der Waals surface area contributed by atoms with Crippen LogP contribution in [-0.2, 0) is 4.79 Å². The molecule has 5 rings (SSSR count). The zero-order chi connectivity index (χ0) is 22.4. The monoisotopic (exact) mass is 480 g/mol. The first-order valence-electron chi connectivity index (χ1n) is 9.51. The predicted octanol–water partition coefficient (Wildman–Crippen LogP) is 6.23. The molecule has 0 unspecified atom stereocenters. The molecule has 0 saturated heterocycles. The molecule has 0 radical (unpaired) electrons. The van der Waals surface area contributed by atoms with Gasteiger partial charge in [-0.05, 0) is 55.1 Å². The Bertz CT molecular complexity index is 1370. The van der Waals surface area contributed by atoms with Crippen molar-refractivity contribution in [3.8, 4) is 11.3 Å². The van der Waals surface area contributed by atoms with Gasteiger partial charge >= 0.3 is 0 Å². The summed E-state index contributed by atoms with van der Waals surface area (Å²) in [4.78, 5) is 16.8. The number of hydrazone groups is 1. The molecule has 3 heterocycles. The second-order valence-electron chi connectivity index (χ2n) is 7.12. The summed E-state index contributed by atoms with van der Waals surface area (Å²) < 4.78 is 5.84. The standard InChI is InChI=1S/C23H14Cl2N4O2S/c1-12-2-4-13(5-3-12)22-28-29-20(26)17(21(30)27-23(29)32-22)11-15-7-9-19(31-15)16-8-6-14(24)10-18(16)25/h2-11,26H,1H3/b17-11-,26-20?. The van der Waals surface area contributed by atoms with E-state index in [1.165, 1.54) is 22.8 Å². The van der Waals surface area contributed by atoms with E-state index in [0.29, 0.717) is 37.3 Å². The largest absolute Gasteiger partial charge is 0.457 e. The lowest BCUT2D eigenvalue weighted by Crippen LogP contribution is -2.35. The summed E-state index contributed by atoms with van der Waals surface area (Å²) in [5.74, 6) is 0.343. The molecule has 32 heavy (non-hydrogen) atoms. The van der Waals surface area contributed by atoms with E-state index in [0.717, 1.165) is 11.1 Å². The van der Waals surface area contributed by atoms with Gasteiger partial charge in [-0.3, -0.25) is 10.2 Å². The van der Waals surface area contributed by atoms with Crippen molar-refractivity contribution in [3.05, 3.63) is 87.1 Å². The number of hydrogen-bond acceptors (Lipinski definition) is 5. The number of nitrogens with one attached hydrogen (secondary N) is 1. The molecule has 1 N–H and O–H groups in total. The number of nitrogens with zero attached hydrogens (tertiary/aromatic N) is 3. The van der Waals surface area contributed by atoms with Crippen LogP contribution in [0.3, 0.4) is 0 Å². The number of halogens is 2. The summed E-state index contributed by atoms with van der Waals surface area (Å²) in [7, 11) is 0. The molecule has 1 amide bonds. The van der Waals surface area contributed by atoms with Crippen LogP contribution in [0, 0.1) is 12.3 Å². The van der Waals surface area contributed by atoms with Crippen molar-refractivity contribution in [2.75, 3.05) is 0 Å². The topological polar surface area (TPSA) is 82.0 Å². The maximum absolute atomic E-state index is 12.6. The van der Waals surface area contributed by atoms with Crippen molar-refractivity contribution < 1.29 is 9.21 Å². The first kappa shape index (κ1) is 20.8. The number of thioether (sulfide) groups is 1. The lowest BCUT2D eigenvalue weighted by atomic mass is 10.1. The fraction of sp³-hybridized carbons (Fsp3) is 0.0435. The number of carbonyl (C=O) groups is 1. The molecule has 0 fully saturated rings. The lowest BCUT2D eigenvalue weighted by molar-refractivity contribution is -0.114. The van der Waals surface area contributed by atoms with E-state index in [2.05, 4.69) is 10.1 Å². The second-order valence-corrected chi connectivity index (χ2v) is 8.92. The Morgan fingerprint density at radius 2 is 1.88 bits per heavy atom. The van der Waals surface area contributed by atoms with Gasteiger partial charge in [-0.2, -0.15) is 15.1 Å². The van der Waals surface area contributed by atoms with Gasteiger partial charge < -0.3 is 4.42 Å². The fourth-order valence-electron chi connectivity index (χ4n) is 3.21. The van der Waals surface area contributed by atoms with Gasteiger partial charge in [-0.15, -0.1) is 0 Å². The third kappa shape index (κ3) is 3.79. The fourth-order valence-corrected chi connectivity index (χ4v) is 4.61.